The Bertz CT molecular complexity index is 808. The summed E-state index contributed by atoms with van der Waals surface area (Å²) in [5.74, 6) is 0.961. The van der Waals surface area contributed by atoms with Crippen LogP contribution in [0.2, 0.25) is 0 Å². The van der Waals surface area contributed by atoms with Crippen molar-refractivity contribution >= 4 is 5.91 Å². The molecule has 2 aromatic rings. The molecule has 1 atom stereocenters. The second kappa shape index (κ2) is 7.41. The summed E-state index contributed by atoms with van der Waals surface area (Å²) >= 11 is 0. The molecule has 27 heavy (non-hydrogen) atoms. The van der Waals surface area contributed by atoms with Crippen LogP contribution in [0.3, 0.4) is 0 Å². The maximum absolute atomic E-state index is 13.4. The average Bonchev–Trinajstić information content (AvgIpc) is 3.18. The van der Waals surface area contributed by atoms with Crippen LogP contribution in [0.4, 0.5) is 0 Å². The number of tetrazole rings is 1. The van der Waals surface area contributed by atoms with E-state index in [-0.39, 0.29) is 11.5 Å². The third kappa shape index (κ3) is 3.62. The molecule has 0 N–H and O–H groups in total. The SMILES string of the molecule is Cc1cccc(-n2nnc(C3CCCCN3C(=O)C3(C)CCCCC3)n2)c1. The third-order valence-corrected chi connectivity index (χ3v) is 6.20. The molecule has 4 rings (SSSR count). The molecule has 1 aliphatic carbocycles. The Morgan fingerprint density at radius 3 is 2.74 bits per heavy atom. The van der Waals surface area contributed by atoms with Crippen LogP contribution in [0.15, 0.2) is 24.3 Å². The minimum Gasteiger partial charge on any atom is -0.332 e. The quantitative estimate of drug-likeness (QED) is 0.823. The fraction of sp³-hybridized carbons (Fsp3) is 0.619. The van der Waals surface area contributed by atoms with Gasteiger partial charge in [0.15, 0.2) is 5.82 Å². The highest BCUT2D eigenvalue weighted by Gasteiger charge is 2.41. The number of carbonyl (C=O) groups excluding carboxylic acids is 1. The van der Waals surface area contributed by atoms with Gasteiger partial charge in [-0.3, -0.25) is 4.79 Å². The minimum absolute atomic E-state index is 0.0523. The largest absolute Gasteiger partial charge is 0.332 e. The Balaban J connectivity index is 1.59. The normalized spacial score (nSPS) is 22.6. The minimum atomic E-state index is -0.222. The molecule has 1 aliphatic heterocycles. The average molecular weight is 367 g/mol. The molecule has 1 saturated heterocycles. The highest BCUT2D eigenvalue weighted by atomic mass is 16.2. The van der Waals surface area contributed by atoms with Gasteiger partial charge in [-0.15, -0.1) is 15.0 Å². The van der Waals surface area contributed by atoms with E-state index in [1.807, 2.05) is 36.1 Å². The van der Waals surface area contributed by atoms with Crippen LogP contribution >= 0.6 is 0 Å². The highest BCUT2D eigenvalue weighted by Crippen LogP contribution is 2.41. The number of aryl methyl sites for hydroxylation is 1. The van der Waals surface area contributed by atoms with Crippen molar-refractivity contribution in [3.63, 3.8) is 0 Å². The van der Waals surface area contributed by atoms with Gasteiger partial charge in [0.25, 0.3) is 0 Å². The molecule has 1 unspecified atom stereocenters. The van der Waals surface area contributed by atoms with Gasteiger partial charge < -0.3 is 4.90 Å². The number of hydrogen-bond donors (Lipinski definition) is 0. The van der Waals surface area contributed by atoms with E-state index in [1.165, 1.54) is 6.42 Å². The molecule has 0 spiro atoms. The van der Waals surface area contributed by atoms with Crippen molar-refractivity contribution in [2.45, 2.75) is 71.3 Å². The molecule has 2 aliphatic rings. The Labute approximate surface area is 160 Å². The number of likely N-dealkylation sites (tertiary alicyclic amines) is 1. The Hall–Kier alpha value is -2.24. The van der Waals surface area contributed by atoms with Gasteiger partial charge in [0.2, 0.25) is 5.91 Å². The monoisotopic (exact) mass is 367 g/mol. The summed E-state index contributed by atoms with van der Waals surface area (Å²) in [6.07, 6.45) is 8.64. The summed E-state index contributed by atoms with van der Waals surface area (Å²) in [5.41, 5.74) is 1.84. The lowest BCUT2D eigenvalue weighted by Crippen LogP contribution is -2.47. The second-order valence-corrected chi connectivity index (χ2v) is 8.41. The van der Waals surface area contributed by atoms with Gasteiger partial charge in [0, 0.05) is 12.0 Å². The highest BCUT2D eigenvalue weighted by molar-refractivity contribution is 5.83. The van der Waals surface area contributed by atoms with Crippen LogP contribution in [0.5, 0.6) is 0 Å². The summed E-state index contributed by atoms with van der Waals surface area (Å²) in [4.78, 5) is 17.1. The maximum atomic E-state index is 13.4. The van der Waals surface area contributed by atoms with E-state index in [0.717, 1.165) is 62.7 Å². The lowest BCUT2D eigenvalue weighted by atomic mass is 9.74. The molecule has 0 bridgehead atoms. The first kappa shape index (κ1) is 18.1. The molecule has 1 aromatic heterocycles. The molecule has 1 aromatic carbocycles. The number of piperidine rings is 1. The lowest BCUT2D eigenvalue weighted by molar-refractivity contribution is -0.147. The molecule has 6 nitrogen and oxygen atoms in total. The van der Waals surface area contributed by atoms with E-state index in [2.05, 4.69) is 22.3 Å². The van der Waals surface area contributed by atoms with E-state index < -0.39 is 0 Å². The van der Waals surface area contributed by atoms with E-state index in [0.29, 0.717) is 11.7 Å². The standard InChI is InChI=1S/C21H29N5O/c1-16-9-8-10-17(15-16)26-23-19(22-24-26)18-11-4-7-14-25(18)20(27)21(2)12-5-3-6-13-21/h8-10,15,18H,3-7,11-14H2,1-2H3. The van der Waals surface area contributed by atoms with E-state index in [4.69, 9.17) is 0 Å². The van der Waals surface area contributed by atoms with Crippen molar-refractivity contribution in [1.82, 2.24) is 25.1 Å². The molecule has 2 heterocycles. The molecule has 2 fully saturated rings. The number of carbonyl (C=O) groups is 1. The second-order valence-electron chi connectivity index (χ2n) is 8.41. The van der Waals surface area contributed by atoms with Gasteiger partial charge in [0.1, 0.15) is 0 Å². The first-order valence-electron chi connectivity index (χ1n) is 10.2. The zero-order valence-corrected chi connectivity index (χ0v) is 16.4. The summed E-state index contributed by atoms with van der Waals surface area (Å²) in [6.45, 7) is 5.00. The van der Waals surface area contributed by atoms with Crippen LogP contribution < -0.4 is 0 Å². The first-order valence-corrected chi connectivity index (χ1v) is 10.2. The summed E-state index contributed by atoms with van der Waals surface area (Å²) in [7, 11) is 0. The van der Waals surface area contributed by atoms with E-state index in [9.17, 15) is 4.79 Å². The molecular formula is C21H29N5O. The van der Waals surface area contributed by atoms with Crippen LogP contribution in [0.1, 0.15) is 75.7 Å². The van der Waals surface area contributed by atoms with E-state index >= 15 is 0 Å². The van der Waals surface area contributed by atoms with Gasteiger partial charge in [-0.1, -0.05) is 38.3 Å². The van der Waals surface area contributed by atoms with Gasteiger partial charge >= 0.3 is 0 Å². The van der Waals surface area contributed by atoms with Crippen LogP contribution in [-0.4, -0.2) is 37.6 Å². The van der Waals surface area contributed by atoms with Crippen molar-refractivity contribution in [2.75, 3.05) is 6.54 Å². The first-order chi connectivity index (χ1) is 13.1. The van der Waals surface area contributed by atoms with E-state index in [1.54, 1.807) is 4.80 Å². The predicted molar refractivity (Wildman–Crippen MR) is 103 cm³/mol. The van der Waals surface area contributed by atoms with Crippen molar-refractivity contribution in [1.29, 1.82) is 0 Å². The van der Waals surface area contributed by atoms with Gasteiger partial charge in [-0.05, 0) is 61.9 Å². The summed E-state index contributed by atoms with van der Waals surface area (Å²) in [5, 5.41) is 13.2. The molecule has 0 radical (unpaired) electrons. The molecular weight excluding hydrogens is 338 g/mol. The zero-order valence-electron chi connectivity index (χ0n) is 16.4. The Morgan fingerprint density at radius 1 is 1.15 bits per heavy atom. The number of aromatic nitrogens is 4. The summed E-state index contributed by atoms with van der Waals surface area (Å²) in [6, 6.07) is 8.01. The fourth-order valence-electron chi connectivity index (χ4n) is 4.56. The van der Waals surface area contributed by atoms with Crippen molar-refractivity contribution in [3.05, 3.63) is 35.7 Å². The van der Waals surface area contributed by atoms with Crippen molar-refractivity contribution in [2.24, 2.45) is 5.41 Å². The topological polar surface area (TPSA) is 63.9 Å². The molecule has 6 heteroatoms. The Morgan fingerprint density at radius 2 is 1.96 bits per heavy atom. The lowest BCUT2D eigenvalue weighted by Gasteiger charge is -2.41. The van der Waals surface area contributed by atoms with Crippen LogP contribution in [0, 0.1) is 12.3 Å². The molecule has 144 valence electrons. The van der Waals surface area contributed by atoms with Crippen molar-refractivity contribution < 1.29 is 4.79 Å². The van der Waals surface area contributed by atoms with Crippen LogP contribution in [0.25, 0.3) is 5.69 Å². The summed E-state index contributed by atoms with van der Waals surface area (Å²) < 4.78 is 0. The van der Waals surface area contributed by atoms with Gasteiger partial charge in [0.05, 0.1) is 11.7 Å². The predicted octanol–water partition coefficient (Wildman–Crippen LogP) is 3.99. The number of rotatable bonds is 3. The molecule has 1 saturated carbocycles. The number of amides is 1. The number of nitrogens with zero attached hydrogens (tertiary/aromatic N) is 5. The van der Waals surface area contributed by atoms with Crippen molar-refractivity contribution in [3.8, 4) is 5.69 Å². The number of benzene rings is 1. The van der Waals surface area contributed by atoms with Crippen LogP contribution in [-0.2, 0) is 4.79 Å². The maximum Gasteiger partial charge on any atom is 0.229 e. The van der Waals surface area contributed by atoms with Gasteiger partial charge in [-0.25, -0.2) is 0 Å². The van der Waals surface area contributed by atoms with Gasteiger partial charge in [-0.2, -0.15) is 0 Å². The smallest absolute Gasteiger partial charge is 0.229 e. The molecule has 1 amide bonds. The zero-order chi connectivity index (χ0) is 18.9. The fourth-order valence-corrected chi connectivity index (χ4v) is 4.56. The third-order valence-electron chi connectivity index (χ3n) is 6.20. The Kier molecular flexibility index (Phi) is 4.98. The number of hydrogen-bond acceptors (Lipinski definition) is 4.